The van der Waals surface area contributed by atoms with Crippen LogP contribution in [0, 0.1) is 5.92 Å². The molecule has 0 saturated heterocycles. The Bertz CT molecular complexity index is 1330. The summed E-state index contributed by atoms with van der Waals surface area (Å²) in [6, 6.07) is 16.2. The number of ether oxygens (including phenoxy) is 1. The molecule has 8 heteroatoms. The first-order valence-corrected chi connectivity index (χ1v) is 12.0. The number of nitrogens with zero attached hydrogens (tertiary/aromatic N) is 1. The van der Waals surface area contributed by atoms with Crippen molar-refractivity contribution in [2.24, 2.45) is 5.92 Å². The Morgan fingerprint density at radius 1 is 1.03 bits per heavy atom. The Morgan fingerprint density at radius 2 is 1.70 bits per heavy atom. The van der Waals surface area contributed by atoms with Crippen molar-refractivity contribution in [2.75, 3.05) is 6.61 Å². The fraction of sp³-hybridized carbons (Fsp3) is 0.200. The highest BCUT2D eigenvalue weighted by molar-refractivity contribution is 7.91. The Labute approximate surface area is 192 Å². The van der Waals surface area contributed by atoms with Crippen molar-refractivity contribution >= 4 is 26.7 Å². The highest BCUT2D eigenvalue weighted by Crippen LogP contribution is 2.24. The van der Waals surface area contributed by atoms with Crippen LogP contribution in [0.3, 0.4) is 0 Å². The summed E-state index contributed by atoms with van der Waals surface area (Å²) in [6.07, 6.45) is 3.18. The second-order valence-electron chi connectivity index (χ2n) is 8.03. The highest BCUT2D eigenvalue weighted by Gasteiger charge is 2.18. The summed E-state index contributed by atoms with van der Waals surface area (Å²) in [5.41, 5.74) is 1.30. The molecule has 0 saturated carbocycles. The molecule has 1 N–H and O–H groups in total. The lowest BCUT2D eigenvalue weighted by atomic mass is 10.2. The number of pyridine rings is 1. The van der Waals surface area contributed by atoms with Crippen LogP contribution in [0.25, 0.3) is 11.0 Å². The van der Waals surface area contributed by atoms with Crippen LogP contribution in [0.4, 0.5) is 0 Å². The van der Waals surface area contributed by atoms with Crippen LogP contribution in [-0.2, 0) is 16.4 Å². The van der Waals surface area contributed by atoms with E-state index in [1.54, 1.807) is 60.9 Å². The number of benzene rings is 2. The Morgan fingerprint density at radius 3 is 2.33 bits per heavy atom. The number of sulfone groups is 1. The van der Waals surface area contributed by atoms with Gasteiger partial charge >= 0.3 is 0 Å². The van der Waals surface area contributed by atoms with Crippen LogP contribution in [0.5, 0.6) is 5.75 Å². The third-order valence-corrected chi connectivity index (χ3v) is 6.74. The number of carbonyl (C=O) groups is 1. The molecule has 2 aromatic heterocycles. The van der Waals surface area contributed by atoms with Crippen molar-refractivity contribution in [3.8, 4) is 5.75 Å². The molecule has 0 aliphatic rings. The average molecular weight is 465 g/mol. The SMILES string of the molecule is CC(C)COc1ccc(S(=O)(=O)c2ccc(CNC(=O)c3cc4ccncc4o3)cc2)cc1. The zero-order valence-corrected chi connectivity index (χ0v) is 19.1. The van der Waals surface area contributed by atoms with E-state index in [1.807, 2.05) is 13.8 Å². The number of rotatable bonds is 8. The van der Waals surface area contributed by atoms with Gasteiger partial charge in [0.05, 0.1) is 22.6 Å². The third kappa shape index (κ3) is 5.23. The maximum Gasteiger partial charge on any atom is 0.287 e. The van der Waals surface area contributed by atoms with Crippen LogP contribution in [0.2, 0.25) is 0 Å². The molecule has 2 aromatic carbocycles. The second kappa shape index (κ2) is 9.46. The minimum absolute atomic E-state index is 0.179. The lowest BCUT2D eigenvalue weighted by Gasteiger charge is -2.10. The van der Waals surface area contributed by atoms with E-state index in [-0.39, 0.29) is 28.0 Å². The number of furan rings is 1. The van der Waals surface area contributed by atoms with Crippen LogP contribution >= 0.6 is 0 Å². The molecule has 0 aliphatic carbocycles. The van der Waals surface area contributed by atoms with E-state index in [1.165, 1.54) is 12.1 Å². The number of nitrogens with one attached hydrogen (secondary N) is 1. The molecule has 0 spiro atoms. The number of hydrogen-bond donors (Lipinski definition) is 1. The number of fused-ring (bicyclic) bond motifs is 1. The molecule has 7 nitrogen and oxygen atoms in total. The summed E-state index contributed by atoms with van der Waals surface area (Å²) < 4.78 is 37.0. The predicted molar refractivity (Wildman–Crippen MR) is 124 cm³/mol. The minimum Gasteiger partial charge on any atom is -0.493 e. The first-order valence-electron chi connectivity index (χ1n) is 10.5. The summed E-state index contributed by atoms with van der Waals surface area (Å²) in [5, 5.41) is 3.57. The maximum atomic E-state index is 12.9. The Balaban J connectivity index is 1.40. The van der Waals surface area contributed by atoms with Gasteiger partial charge in [-0.05, 0) is 60.0 Å². The van der Waals surface area contributed by atoms with Crippen molar-refractivity contribution in [3.05, 3.63) is 84.4 Å². The van der Waals surface area contributed by atoms with E-state index in [4.69, 9.17) is 9.15 Å². The van der Waals surface area contributed by atoms with Crippen molar-refractivity contribution < 1.29 is 22.4 Å². The quantitative estimate of drug-likeness (QED) is 0.408. The average Bonchev–Trinajstić information content (AvgIpc) is 3.26. The van der Waals surface area contributed by atoms with Crippen molar-refractivity contribution in [1.82, 2.24) is 10.3 Å². The molecule has 0 atom stereocenters. The molecule has 33 heavy (non-hydrogen) atoms. The van der Waals surface area contributed by atoms with E-state index < -0.39 is 9.84 Å². The fourth-order valence-corrected chi connectivity index (χ4v) is 4.43. The van der Waals surface area contributed by atoms with Gasteiger partial charge in [0, 0.05) is 18.1 Å². The molecule has 0 fully saturated rings. The fourth-order valence-electron chi connectivity index (χ4n) is 3.17. The van der Waals surface area contributed by atoms with E-state index in [0.717, 1.165) is 10.9 Å². The summed E-state index contributed by atoms with van der Waals surface area (Å²) >= 11 is 0. The van der Waals surface area contributed by atoms with Gasteiger partial charge in [-0.3, -0.25) is 9.78 Å². The smallest absolute Gasteiger partial charge is 0.287 e. The lowest BCUT2D eigenvalue weighted by molar-refractivity contribution is 0.0925. The van der Waals surface area contributed by atoms with Crippen LogP contribution in [-0.4, -0.2) is 25.9 Å². The zero-order valence-electron chi connectivity index (χ0n) is 18.3. The first-order chi connectivity index (χ1) is 15.8. The van der Waals surface area contributed by atoms with Gasteiger partial charge in [0.25, 0.3) is 5.91 Å². The zero-order chi connectivity index (χ0) is 23.4. The molecule has 1 amide bonds. The Kier molecular flexibility index (Phi) is 6.46. The molecular weight excluding hydrogens is 440 g/mol. The number of amides is 1. The first kappa shape index (κ1) is 22.5. The molecule has 0 bridgehead atoms. The van der Waals surface area contributed by atoms with Crippen LogP contribution in [0.15, 0.2) is 87.3 Å². The van der Waals surface area contributed by atoms with Crippen LogP contribution < -0.4 is 10.1 Å². The van der Waals surface area contributed by atoms with Crippen molar-refractivity contribution in [2.45, 2.75) is 30.2 Å². The second-order valence-corrected chi connectivity index (χ2v) is 9.98. The number of carbonyl (C=O) groups excluding carboxylic acids is 1. The largest absolute Gasteiger partial charge is 0.493 e. The van der Waals surface area contributed by atoms with E-state index in [0.29, 0.717) is 23.9 Å². The summed E-state index contributed by atoms with van der Waals surface area (Å²) in [5.74, 6) is 0.850. The molecular formula is C25H24N2O5S. The maximum absolute atomic E-state index is 12.9. The number of aromatic nitrogens is 1. The van der Waals surface area contributed by atoms with Crippen LogP contribution in [0.1, 0.15) is 30.0 Å². The van der Waals surface area contributed by atoms with Crippen molar-refractivity contribution in [1.29, 1.82) is 0 Å². The van der Waals surface area contributed by atoms with Crippen molar-refractivity contribution in [3.63, 3.8) is 0 Å². The van der Waals surface area contributed by atoms with E-state index in [9.17, 15) is 13.2 Å². The lowest BCUT2D eigenvalue weighted by Crippen LogP contribution is -2.22. The molecule has 0 unspecified atom stereocenters. The van der Waals surface area contributed by atoms with Gasteiger partial charge in [-0.1, -0.05) is 26.0 Å². The normalized spacial score (nSPS) is 11.6. The standard InChI is InChI=1S/C25H24N2O5S/c1-17(2)16-31-20-5-9-22(10-6-20)33(29,30)21-7-3-18(4-8-21)14-27-25(28)23-13-19-11-12-26-15-24(19)32-23/h3-13,15,17H,14,16H2,1-2H3,(H,27,28). The van der Waals surface area contributed by atoms with Gasteiger partial charge in [0.1, 0.15) is 5.75 Å². The third-order valence-electron chi connectivity index (χ3n) is 4.95. The number of hydrogen-bond acceptors (Lipinski definition) is 6. The van der Waals surface area contributed by atoms with Gasteiger partial charge < -0.3 is 14.5 Å². The molecule has 0 radical (unpaired) electrons. The molecule has 170 valence electrons. The van der Waals surface area contributed by atoms with Gasteiger partial charge in [-0.25, -0.2) is 8.42 Å². The molecule has 4 aromatic rings. The Hall–Kier alpha value is -3.65. The van der Waals surface area contributed by atoms with E-state index in [2.05, 4.69) is 10.3 Å². The van der Waals surface area contributed by atoms with Gasteiger partial charge in [-0.15, -0.1) is 0 Å². The predicted octanol–water partition coefficient (Wildman–Crippen LogP) is 4.63. The van der Waals surface area contributed by atoms with E-state index >= 15 is 0 Å². The van der Waals surface area contributed by atoms with Gasteiger partial charge in [0.2, 0.25) is 9.84 Å². The topological polar surface area (TPSA) is 98.5 Å². The summed E-state index contributed by atoms with van der Waals surface area (Å²) in [7, 11) is -3.66. The molecule has 2 heterocycles. The molecule has 0 aliphatic heterocycles. The van der Waals surface area contributed by atoms with Gasteiger partial charge in [-0.2, -0.15) is 0 Å². The van der Waals surface area contributed by atoms with Gasteiger partial charge in [0.15, 0.2) is 11.3 Å². The summed E-state index contributed by atoms with van der Waals surface area (Å²) in [6.45, 7) is 4.89. The minimum atomic E-state index is -3.66. The monoisotopic (exact) mass is 464 g/mol. The molecule has 4 rings (SSSR count). The highest BCUT2D eigenvalue weighted by atomic mass is 32.2. The summed E-state index contributed by atoms with van der Waals surface area (Å²) in [4.78, 5) is 16.7.